The molecule has 12 aliphatic carbocycles. The van der Waals surface area contributed by atoms with Gasteiger partial charge in [-0.25, -0.2) is 0 Å². The standard InChI is InChI=1S/C62H64/c1-3-5-7-9-11-13-15-17-23-37-33-47-45-31-21-29-43-41-27-19-25-39-40-26-20-28-42-44-30-22-32-46-48-34-38(24-18-16-14-12-10-8-6-4-2)36-50-49(35-37)55(47)61-59(53(43)45)57(51(39)41)58(52(40)42)60(54(44)46)62(61)56(48)50/h19-22,25-27,30-35,51,54-55H,3-18,23-24,28-29,36H2,1-2H3. The van der Waals surface area contributed by atoms with Crippen LogP contribution in [0.15, 0.2) is 157 Å². The molecule has 312 valence electrons. The van der Waals surface area contributed by atoms with Crippen molar-refractivity contribution in [1.29, 1.82) is 0 Å². The number of hydrogen-bond acceptors (Lipinski definition) is 0. The molecule has 0 heteroatoms. The van der Waals surface area contributed by atoms with Gasteiger partial charge in [0, 0.05) is 17.8 Å². The van der Waals surface area contributed by atoms with Gasteiger partial charge in [0.05, 0.1) is 0 Å². The monoisotopic (exact) mass is 809 g/mol. The van der Waals surface area contributed by atoms with Crippen LogP contribution in [0.3, 0.4) is 0 Å². The lowest BCUT2D eigenvalue weighted by Crippen LogP contribution is -2.37. The molecule has 0 N–H and O–H groups in total. The minimum Gasteiger partial charge on any atom is -0.0795 e. The van der Waals surface area contributed by atoms with E-state index in [2.05, 4.69) is 92.8 Å². The van der Waals surface area contributed by atoms with E-state index in [0.29, 0.717) is 17.8 Å². The summed E-state index contributed by atoms with van der Waals surface area (Å²) in [6.07, 6.45) is 61.0. The average molecular weight is 809 g/mol. The Kier molecular flexibility index (Phi) is 9.13. The maximum absolute atomic E-state index is 2.77. The summed E-state index contributed by atoms with van der Waals surface area (Å²) < 4.78 is 0. The maximum Gasteiger partial charge on any atom is 0.0361 e. The predicted octanol–water partition coefficient (Wildman–Crippen LogP) is 17.3. The number of rotatable bonds is 18. The Labute approximate surface area is 371 Å². The molecule has 0 fully saturated rings. The molecular weight excluding hydrogens is 745 g/mol. The summed E-state index contributed by atoms with van der Waals surface area (Å²) in [6, 6.07) is 0. The second kappa shape index (κ2) is 15.0. The van der Waals surface area contributed by atoms with E-state index in [4.69, 9.17) is 0 Å². The van der Waals surface area contributed by atoms with Crippen LogP contribution in [0.5, 0.6) is 0 Å². The van der Waals surface area contributed by atoms with Crippen LogP contribution in [-0.2, 0) is 0 Å². The molecular formula is C62H64. The summed E-state index contributed by atoms with van der Waals surface area (Å²) in [5.74, 6) is 0.967. The third-order valence-electron chi connectivity index (χ3n) is 17.2. The number of unbranched alkanes of at least 4 members (excludes halogenated alkanes) is 14. The Morgan fingerprint density at radius 3 is 1.50 bits per heavy atom. The summed E-state index contributed by atoms with van der Waals surface area (Å²) in [5.41, 5.74) is 37.3. The Balaban J connectivity index is 1.01. The van der Waals surface area contributed by atoms with Gasteiger partial charge in [0.2, 0.25) is 0 Å². The minimum atomic E-state index is 0.322. The van der Waals surface area contributed by atoms with Crippen molar-refractivity contribution in [2.24, 2.45) is 0 Å². The van der Waals surface area contributed by atoms with Crippen molar-refractivity contribution >= 4 is 16.7 Å². The molecule has 1 aromatic rings. The van der Waals surface area contributed by atoms with Crippen molar-refractivity contribution in [3.63, 3.8) is 0 Å². The molecule has 13 rings (SSSR count). The zero-order chi connectivity index (χ0) is 41.1. The highest BCUT2D eigenvalue weighted by Gasteiger charge is 2.55. The zero-order valence-electron chi connectivity index (χ0n) is 37.6. The van der Waals surface area contributed by atoms with E-state index in [1.807, 2.05) is 0 Å². The van der Waals surface area contributed by atoms with Gasteiger partial charge in [0.25, 0.3) is 0 Å². The van der Waals surface area contributed by atoms with Crippen molar-refractivity contribution in [2.45, 2.75) is 166 Å². The third kappa shape index (κ3) is 5.31. The van der Waals surface area contributed by atoms with Gasteiger partial charge in [0.1, 0.15) is 0 Å². The highest BCUT2D eigenvalue weighted by atomic mass is 14.6. The average Bonchev–Trinajstić information content (AvgIpc) is 3.31. The molecule has 0 heterocycles. The first kappa shape index (κ1) is 37.8. The minimum absolute atomic E-state index is 0.322. The highest BCUT2D eigenvalue weighted by molar-refractivity contribution is 6.11. The summed E-state index contributed by atoms with van der Waals surface area (Å²) in [4.78, 5) is 0. The number of hydrogen-bond donors (Lipinski definition) is 0. The van der Waals surface area contributed by atoms with Crippen molar-refractivity contribution in [1.82, 2.24) is 0 Å². The van der Waals surface area contributed by atoms with Crippen LogP contribution in [0.25, 0.3) is 16.7 Å². The summed E-state index contributed by atoms with van der Waals surface area (Å²) >= 11 is 0. The van der Waals surface area contributed by atoms with Gasteiger partial charge in [-0.3, -0.25) is 0 Å². The van der Waals surface area contributed by atoms with E-state index in [9.17, 15) is 0 Å². The molecule has 0 radical (unpaired) electrons. The largest absolute Gasteiger partial charge is 0.0795 e. The van der Waals surface area contributed by atoms with Crippen molar-refractivity contribution in [3.05, 3.63) is 190 Å². The zero-order valence-corrected chi connectivity index (χ0v) is 37.6. The Bertz CT molecular complexity index is 2750. The van der Waals surface area contributed by atoms with Crippen LogP contribution < -0.4 is 0 Å². The van der Waals surface area contributed by atoms with Crippen molar-refractivity contribution in [3.8, 4) is 0 Å². The Hall–Kier alpha value is -4.68. The smallest absolute Gasteiger partial charge is 0.0361 e. The molecule has 1 aromatic carbocycles. The first-order valence-electron chi connectivity index (χ1n) is 25.7. The van der Waals surface area contributed by atoms with Gasteiger partial charge in [0.15, 0.2) is 0 Å². The fraction of sp³-hybridized carbons (Fsp3) is 0.419. The van der Waals surface area contributed by atoms with E-state index in [1.54, 1.807) is 123 Å². The van der Waals surface area contributed by atoms with Gasteiger partial charge in [-0.2, -0.15) is 0 Å². The lowest BCUT2D eigenvalue weighted by Gasteiger charge is -2.54. The lowest BCUT2D eigenvalue weighted by molar-refractivity contribution is 0.573. The van der Waals surface area contributed by atoms with E-state index in [0.717, 1.165) is 19.3 Å². The van der Waals surface area contributed by atoms with Crippen LogP contribution in [-0.4, -0.2) is 0 Å². The second-order valence-corrected chi connectivity index (χ2v) is 20.8. The molecule has 0 saturated carbocycles. The first-order chi connectivity index (χ1) is 30.8. The van der Waals surface area contributed by atoms with Crippen LogP contribution in [0.4, 0.5) is 0 Å². The van der Waals surface area contributed by atoms with Crippen molar-refractivity contribution in [2.75, 3.05) is 0 Å². The molecule has 0 amide bonds. The highest BCUT2D eigenvalue weighted by Crippen LogP contribution is 2.72. The van der Waals surface area contributed by atoms with E-state index < -0.39 is 0 Å². The SMILES string of the molecule is CCCCCCCCCCC1=CC2=C3CC(CCCCCCCCCC)=CC4=C3c3c5c6c7c8c3C2C(=C1)C1=C8C(=C2C=CC=C(C3=C6C(=C6C=CC=C4C65)CC=C3)C27)CC=C1. The number of fused-ring (bicyclic) bond motifs is 3. The molecule has 12 aliphatic rings. The molecule has 0 aromatic heterocycles. The fourth-order valence-electron chi connectivity index (χ4n) is 14.6. The van der Waals surface area contributed by atoms with Gasteiger partial charge >= 0.3 is 0 Å². The topological polar surface area (TPSA) is 0 Å². The molecule has 0 bridgehead atoms. The molecule has 0 nitrogen and oxygen atoms in total. The Morgan fingerprint density at radius 2 is 0.919 bits per heavy atom. The van der Waals surface area contributed by atoms with Gasteiger partial charge in [-0.05, 0) is 167 Å². The quantitative estimate of drug-likeness (QED) is 0.130. The normalized spacial score (nSPS) is 24.9. The molecule has 0 spiro atoms. The summed E-state index contributed by atoms with van der Waals surface area (Å²) in [5, 5.41) is 0. The van der Waals surface area contributed by atoms with Crippen LogP contribution in [0, 0.1) is 0 Å². The van der Waals surface area contributed by atoms with Crippen LogP contribution in [0.1, 0.15) is 200 Å². The lowest BCUT2D eigenvalue weighted by atomic mass is 9.48. The fourth-order valence-corrected chi connectivity index (χ4v) is 14.6. The van der Waals surface area contributed by atoms with Gasteiger partial charge in [-0.15, -0.1) is 0 Å². The van der Waals surface area contributed by atoms with Crippen molar-refractivity contribution < 1.29 is 0 Å². The first-order valence-corrected chi connectivity index (χ1v) is 25.7. The molecule has 3 atom stereocenters. The van der Waals surface area contributed by atoms with Crippen LogP contribution in [0.2, 0.25) is 0 Å². The number of allylic oxidation sites excluding steroid dienone is 30. The van der Waals surface area contributed by atoms with E-state index in [-0.39, 0.29) is 0 Å². The number of benzene rings is 1. The molecule has 0 aliphatic heterocycles. The van der Waals surface area contributed by atoms with Gasteiger partial charge in [-0.1, -0.05) is 188 Å². The second-order valence-electron chi connectivity index (χ2n) is 20.8. The molecule has 3 unspecified atom stereocenters. The van der Waals surface area contributed by atoms with E-state index in [1.165, 1.54) is 121 Å². The summed E-state index contributed by atoms with van der Waals surface area (Å²) in [6.45, 7) is 4.66. The predicted molar refractivity (Wildman–Crippen MR) is 262 cm³/mol. The molecule has 62 heavy (non-hydrogen) atoms. The molecule has 0 saturated heterocycles. The summed E-state index contributed by atoms with van der Waals surface area (Å²) in [7, 11) is 0. The van der Waals surface area contributed by atoms with E-state index >= 15 is 0 Å². The Morgan fingerprint density at radius 1 is 0.435 bits per heavy atom. The maximum atomic E-state index is 2.77. The van der Waals surface area contributed by atoms with Crippen LogP contribution >= 0.6 is 0 Å². The third-order valence-corrected chi connectivity index (χ3v) is 17.2. The van der Waals surface area contributed by atoms with Gasteiger partial charge < -0.3 is 0 Å².